The standard InChI is InChI=1S/C24H25N3O3.ClH/c1-3-12-27(2)23(25)18-6-8-19(9-7-18)24(30)26-21-11-10-17-5-4-16(14-22(28)29)13-20(17)15-21;/h1,6-11,15-16,25H,4-5,12-14H2,2H3,(H,26,30)(H,28,29);1H. The fraction of sp³-hybridized carbons (Fsp3) is 0.292. The van der Waals surface area contributed by atoms with Gasteiger partial charge in [0, 0.05) is 30.3 Å². The summed E-state index contributed by atoms with van der Waals surface area (Å²) >= 11 is 0. The molecule has 3 N–H and O–H groups in total. The van der Waals surface area contributed by atoms with Gasteiger partial charge in [-0.25, -0.2) is 0 Å². The number of carboxylic acid groups (broad SMARTS) is 1. The van der Waals surface area contributed by atoms with Gasteiger partial charge in [0.05, 0.1) is 6.54 Å². The van der Waals surface area contributed by atoms with E-state index >= 15 is 0 Å². The molecule has 1 atom stereocenters. The summed E-state index contributed by atoms with van der Waals surface area (Å²) in [6, 6.07) is 12.7. The van der Waals surface area contributed by atoms with Gasteiger partial charge in [-0.15, -0.1) is 18.8 Å². The lowest BCUT2D eigenvalue weighted by molar-refractivity contribution is -0.138. The molecule has 0 bridgehead atoms. The lowest BCUT2D eigenvalue weighted by Gasteiger charge is -2.24. The summed E-state index contributed by atoms with van der Waals surface area (Å²) in [5, 5.41) is 20.1. The number of carbonyl (C=O) groups is 2. The Morgan fingerprint density at radius 2 is 1.87 bits per heavy atom. The lowest BCUT2D eigenvalue weighted by Crippen LogP contribution is -2.27. The molecule has 162 valence electrons. The van der Waals surface area contributed by atoms with Crippen LogP contribution in [-0.2, 0) is 17.6 Å². The molecule has 0 aromatic heterocycles. The van der Waals surface area contributed by atoms with Crippen LogP contribution in [0.2, 0.25) is 0 Å². The molecule has 31 heavy (non-hydrogen) atoms. The predicted octanol–water partition coefficient (Wildman–Crippen LogP) is 3.83. The van der Waals surface area contributed by atoms with E-state index in [1.165, 1.54) is 5.56 Å². The summed E-state index contributed by atoms with van der Waals surface area (Å²) in [7, 11) is 1.75. The van der Waals surface area contributed by atoms with Crippen molar-refractivity contribution in [3.63, 3.8) is 0 Å². The molecule has 0 aliphatic heterocycles. The summed E-state index contributed by atoms with van der Waals surface area (Å²) < 4.78 is 0. The molecule has 0 fully saturated rings. The highest BCUT2D eigenvalue weighted by Crippen LogP contribution is 2.29. The number of halogens is 1. The molecule has 0 spiro atoms. The molecule has 6 nitrogen and oxygen atoms in total. The first-order valence-corrected chi connectivity index (χ1v) is 9.86. The van der Waals surface area contributed by atoms with Gasteiger partial charge >= 0.3 is 5.97 Å². The Morgan fingerprint density at radius 3 is 2.52 bits per heavy atom. The first-order valence-electron chi connectivity index (χ1n) is 9.86. The molecular formula is C24H26ClN3O3. The van der Waals surface area contributed by atoms with Crippen LogP contribution < -0.4 is 5.32 Å². The molecule has 2 aromatic carbocycles. The Hall–Kier alpha value is -3.30. The van der Waals surface area contributed by atoms with E-state index in [1.807, 2.05) is 18.2 Å². The highest BCUT2D eigenvalue weighted by molar-refractivity contribution is 6.05. The third-order valence-electron chi connectivity index (χ3n) is 5.39. The van der Waals surface area contributed by atoms with Crippen LogP contribution in [0, 0.1) is 23.7 Å². The molecule has 2 aromatic rings. The number of hydrogen-bond acceptors (Lipinski definition) is 3. The molecule has 0 saturated carbocycles. The molecular weight excluding hydrogens is 414 g/mol. The van der Waals surface area contributed by atoms with Crippen molar-refractivity contribution in [2.45, 2.75) is 25.7 Å². The number of aliphatic carboxylic acids is 1. The van der Waals surface area contributed by atoms with Crippen LogP contribution in [0.3, 0.4) is 0 Å². The number of hydrogen-bond donors (Lipinski definition) is 3. The van der Waals surface area contributed by atoms with E-state index < -0.39 is 5.97 Å². The minimum Gasteiger partial charge on any atom is -0.481 e. The molecule has 3 rings (SSSR count). The van der Waals surface area contributed by atoms with Crippen LogP contribution in [0.15, 0.2) is 42.5 Å². The Balaban J connectivity index is 0.00000341. The zero-order valence-electron chi connectivity index (χ0n) is 17.4. The van der Waals surface area contributed by atoms with Gasteiger partial charge in [0.15, 0.2) is 0 Å². The van der Waals surface area contributed by atoms with Gasteiger partial charge in [0.1, 0.15) is 5.84 Å². The topological polar surface area (TPSA) is 93.5 Å². The number of anilines is 1. The third-order valence-corrected chi connectivity index (χ3v) is 5.39. The maximum absolute atomic E-state index is 12.6. The van der Waals surface area contributed by atoms with Gasteiger partial charge in [0.2, 0.25) is 0 Å². The monoisotopic (exact) mass is 439 g/mol. The number of carbonyl (C=O) groups excluding carboxylic acids is 1. The number of amidine groups is 1. The van der Waals surface area contributed by atoms with Gasteiger partial charge in [-0.05, 0) is 60.6 Å². The highest BCUT2D eigenvalue weighted by atomic mass is 35.5. The van der Waals surface area contributed by atoms with E-state index in [0.29, 0.717) is 35.6 Å². The van der Waals surface area contributed by atoms with Gasteiger partial charge in [-0.3, -0.25) is 15.0 Å². The number of carboxylic acids is 1. The second-order valence-corrected chi connectivity index (χ2v) is 7.63. The summed E-state index contributed by atoms with van der Waals surface area (Å²) in [5.74, 6) is 1.93. The van der Waals surface area contributed by atoms with Gasteiger partial charge in [0.25, 0.3) is 5.91 Å². The number of fused-ring (bicyclic) bond motifs is 1. The fourth-order valence-corrected chi connectivity index (χ4v) is 3.75. The van der Waals surface area contributed by atoms with E-state index in [-0.39, 0.29) is 30.7 Å². The first kappa shape index (κ1) is 24.0. The minimum absolute atomic E-state index is 0. The van der Waals surface area contributed by atoms with Crippen molar-refractivity contribution in [3.8, 4) is 12.3 Å². The molecule has 0 saturated heterocycles. The quantitative estimate of drug-likeness (QED) is 0.362. The number of rotatable bonds is 6. The van der Waals surface area contributed by atoms with Crippen molar-refractivity contribution in [2.75, 3.05) is 18.9 Å². The molecule has 1 unspecified atom stereocenters. The largest absolute Gasteiger partial charge is 0.481 e. The van der Waals surface area contributed by atoms with Crippen molar-refractivity contribution in [3.05, 3.63) is 64.7 Å². The van der Waals surface area contributed by atoms with Gasteiger partial charge < -0.3 is 15.3 Å². The van der Waals surface area contributed by atoms with Crippen molar-refractivity contribution in [1.29, 1.82) is 5.41 Å². The first-order chi connectivity index (χ1) is 14.4. The number of aryl methyl sites for hydroxylation is 1. The Labute approximate surface area is 188 Å². The molecule has 7 heteroatoms. The van der Waals surface area contributed by atoms with Crippen LogP contribution in [0.25, 0.3) is 0 Å². The predicted molar refractivity (Wildman–Crippen MR) is 124 cm³/mol. The third kappa shape index (κ3) is 6.09. The zero-order chi connectivity index (χ0) is 21.7. The van der Waals surface area contributed by atoms with Gasteiger partial charge in [-0.1, -0.05) is 24.1 Å². The number of terminal acetylenes is 1. The van der Waals surface area contributed by atoms with E-state index in [2.05, 4.69) is 11.2 Å². The second kappa shape index (κ2) is 10.6. The zero-order valence-corrected chi connectivity index (χ0v) is 18.2. The molecule has 0 radical (unpaired) electrons. The number of nitrogens with one attached hydrogen (secondary N) is 2. The van der Waals surface area contributed by atoms with Crippen LogP contribution in [0.5, 0.6) is 0 Å². The second-order valence-electron chi connectivity index (χ2n) is 7.63. The Kier molecular flexibility index (Phi) is 8.23. The SMILES string of the molecule is C#CCN(C)C(=N)c1ccc(C(=O)Nc2ccc3c(c2)CC(CC(=O)O)CC3)cc1.Cl. The smallest absolute Gasteiger partial charge is 0.303 e. The molecule has 1 aliphatic rings. The number of amides is 1. The van der Waals surface area contributed by atoms with E-state index in [1.54, 1.807) is 36.2 Å². The minimum atomic E-state index is -0.769. The average Bonchev–Trinajstić information content (AvgIpc) is 2.72. The Morgan fingerprint density at radius 1 is 1.19 bits per heavy atom. The normalized spacial score (nSPS) is 14.4. The van der Waals surface area contributed by atoms with Crippen molar-refractivity contribution < 1.29 is 14.7 Å². The number of nitrogens with zero attached hydrogens (tertiary/aromatic N) is 1. The van der Waals surface area contributed by atoms with Crippen LogP contribution >= 0.6 is 12.4 Å². The van der Waals surface area contributed by atoms with Crippen LogP contribution in [-0.4, -0.2) is 41.3 Å². The van der Waals surface area contributed by atoms with Gasteiger partial charge in [-0.2, -0.15) is 0 Å². The molecule has 1 aliphatic carbocycles. The van der Waals surface area contributed by atoms with Crippen LogP contribution in [0.1, 0.15) is 39.9 Å². The van der Waals surface area contributed by atoms with E-state index in [4.69, 9.17) is 16.9 Å². The number of benzene rings is 2. The Bertz CT molecular complexity index is 1010. The molecule has 0 heterocycles. The van der Waals surface area contributed by atoms with E-state index in [9.17, 15) is 9.59 Å². The lowest BCUT2D eigenvalue weighted by atomic mass is 9.82. The molecule has 1 amide bonds. The fourth-order valence-electron chi connectivity index (χ4n) is 3.75. The maximum Gasteiger partial charge on any atom is 0.303 e. The van der Waals surface area contributed by atoms with Crippen LogP contribution in [0.4, 0.5) is 5.69 Å². The summed E-state index contributed by atoms with van der Waals surface area (Å²) in [4.78, 5) is 25.3. The van der Waals surface area contributed by atoms with Crippen molar-refractivity contribution in [2.24, 2.45) is 5.92 Å². The van der Waals surface area contributed by atoms with E-state index in [0.717, 1.165) is 18.4 Å². The van der Waals surface area contributed by atoms with Crippen molar-refractivity contribution in [1.82, 2.24) is 4.90 Å². The highest BCUT2D eigenvalue weighted by Gasteiger charge is 2.21. The maximum atomic E-state index is 12.6. The average molecular weight is 440 g/mol. The summed E-state index contributed by atoms with van der Waals surface area (Å²) in [5.41, 5.74) is 4.19. The summed E-state index contributed by atoms with van der Waals surface area (Å²) in [6.07, 6.45) is 7.92. The van der Waals surface area contributed by atoms with Crippen molar-refractivity contribution >= 4 is 35.8 Å². The summed E-state index contributed by atoms with van der Waals surface area (Å²) in [6.45, 7) is 0.340.